The van der Waals surface area contributed by atoms with Crippen LogP contribution < -0.4 is 0 Å². The third kappa shape index (κ3) is 3.19. The second kappa shape index (κ2) is 5.38. The predicted octanol–water partition coefficient (Wildman–Crippen LogP) is 4.54. The van der Waals surface area contributed by atoms with Gasteiger partial charge in [-0.1, -0.05) is 23.7 Å². The van der Waals surface area contributed by atoms with Gasteiger partial charge in [0.2, 0.25) is 0 Å². The second-order valence-electron chi connectivity index (χ2n) is 3.62. The van der Waals surface area contributed by atoms with Gasteiger partial charge in [-0.2, -0.15) is 13.2 Å². The summed E-state index contributed by atoms with van der Waals surface area (Å²) in [7, 11) is 0. The van der Waals surface area contributed by atoms with Crippen LogP contribution in [0.25, 0.3) is 11.3 Å². The van der Waals surface area contributed by atoms with Crippen molar-refractivity contribution in [3.8, 4) is 11.3 Å². The van der Waals surface area contributed by atoms with Crippen LogP contribution in [-0.4, -0.2) is 16.2 Å². The minimum atomic E-state index is -4.59. The van der Waals surface area contributed by atoms with Crippen molar-refractivity contribution in [2.75, 3.05) is 6.26 Å². The van der Waals surface area contributed by atoms with Crippen LogP contribution in [0.5, 0.6) is 0 Å². The molecule has 0 aliphatic heterocycles. The average molecular weight is 305 g/mol. The Bertz CT molecular complexity index is 585. The zero-order valence-corrected chi connectivity index (χ0v) is 11.3. The molecule has 0 saturated carbocycles. The first-order chi connectivity index (χ1) is 8.91. The molecule has 2 nitrogen and oxygen atoms in total. The van der Waals surface area contributed by atoms with Crippen molar-refractivity contribution >= 4 is 23.4 Å². The second-order valence-corrected chi connectivity index (χ2v) is 4.86. The standard InChI is InChI=1S/C12H8ClF3N2S/c1-19-8-4-2-7(3-5-8)9-6-17-10(11(13)18-9)12(14,15)16/h2-6H,1H3. The van der Waals surface area contributed by atoms with E-state index in [0.29, 0.717) is 11.3 Å². The van der Waals surface area contributed by atoms with Crippen LogP contribution in [0.3, 0.4) is 0 Å². The highest BCUT2D eigenvalue weighted by Crippen LogP contribution is 2.33. The molecule has 0 amide bonds. The molecule has 19 heavy (non-hydrogen) atoms. The van der Waals surface area contributed by atoms with Gasteiger partial charge in [0.15, 0.2) is 10.8 Å². The van der Waals surface area contributed by atoms with Crippen molar-refractivity contribution in [3.63, 3.8) is 0 Å². The van der Waals surface area contributed by atoms with Gasteiger partial charge < -0.3 is 0 Å². The van der Waals surface area contributed by atoms with E-state index < -0.39 is 17.0 Å². The molecule has 100 valence electrons. The van der Waals surface area contributed by atoms with Crippen molar-refractivity contribution in [1.82, 2.24) is 9.97 Å². The fourth-order valence-electron chi connectivity index (χ4n) is 1.46. The highest BCUT2D eigenvalue weighted by Gasteiger charge is 2.36. The van der Waals surface area contributed by atoms with Gasteiger partial charge in [-0.3, -0.25) is 0 Å². The van der Waals surface area contributed by atoms with E-state index in [1.54, 1.807) is 23.9 Å². The third-order valence-electron chi connectivity index (χ3n) is 2.38. The summed E-state index contributed by atoms with van der Waals surface area (Å²) < 4.78 is 37.5. The summed E-state index contributed by atoms with van der Waals surface area (Å²) in [5.41, 5.74) is -0.190. The number of hydrogen-bond acceptors (Lipinski definition) is 3. The first-order valence-electron chi connectivity index (χ1n) is 5.16. The number of nitrogens with zero attached hydrogens (tertiary/aromatic N) is 2. The first-order valence-corrected chi connectivity index (χ1v) is 6.76. The molecule has 0 bridgehead atoms. The number of halogens is 4. The summed E-state index contributed by atoms with van der Waals surface area (Å²) in [5.74, 6) is 0. The molecule has 0 aliphatic carbocycles. The van der Waals surface area contributed by atoms with Gasteiger partial charge in [-0.15, -0.1) is 11.8 Å². The number of aromatic nitrogens is 2. The topological polar surface area (TPSA) is 25.8 Å². The fourth-order valence-corrected chi connectivity index (χ4v) is 2.11. The summed E-state index contributed by atoms with van der Waals surface area (Å²) in [5, 5.41) is -0.640. The van der Waals surface area contributed by atoms with E-state index in [2.05, 4.69) is 9.97 Å². The maximum Gasteiger partial charge on any atom is 0.436 e. The lowest BCUT2D eigenvalue weighted by atomic mass is 10.2. The zero-order valence-electron chi connectivity index (χ0n) is 9.70. The van der Waals surface area contributed by atoms with Gasteiger partial charge in [-0.05, 0) is 18.4 Å². The molecule has 2 aromatic rings. The Morgan fingerprint density at radius 3 is 2.26 bits per heavy atom. The van der Waals surface area contributed by atoms with E-state index in [9.17, 15) is 13.2 Å². The Morgan fingerprint density at radius 1 is 1.16 bits per heavy atom. The molecule has 0 atom stereocenters. The predicted molar refractivity (Wildman–Crippen MR) is 69.3 cm³/mol. The molecule has 0 saturated heterocycles. The van der Waals surface area contributed by atoms with Crippen LogP contribution >= 0.6 is 23.4 Å². The minimum Gasteiger partial charge on any atom is -0.247 e. The molecule has 0 aliphatic rings. The molecule has 1 heterocycles. The van der Waals surface area contributed by atoms with Crippen molar-refractivity contribution in [2.45, 2.75) is 11.1 Å². The maximum atomic E-state index is 12.5. The van der Waals surface area contributed by atoms with E-state index in [1.807, 2.05) is 18.4 Å². The Hall–Kier alpha value is -1.27. The normalized spacial score (nSPS) is 11.6. The van der Waals surface area contributed by atoms with E-state index in [0.717, 1.165) is 11.1 Å². The van der Waals surface area contributed by atoms with Crippen molar-refractivity contribution < 1.29 is 13.2 Å². The molecule has 0 radical (unpaired) electrons. The largest absolute Gasteiger partial charge is 0.436 e. The average Bonchev–Trinajstić information content (AvgIpc) is 2.37. The van der Waals surface area contributed by atoms with Crippen LogP contribution in [0.2, 0.25) is 5.15 Å². The Kier molecular flexibility index (Phi) is 4.01. The molecule has 1 aromatic carbocycles. The number of thioether (sulfide) groups is 1. The quantitative estimate of drug-likeness (QED) is 0.762. The minimum absolute atomic E-state index is 0.311. The molecule has 0 fully saturated rings. The van der Waals surface area contributed by atoms with Gasteiger partial charge in [-0.25, -0.2) is 9.97 Å². The fraction of sp³-hybridized carbons (Fsp3) is 0.167. The Balaban J connectivity index is 2.38. The smallest absolute Gasteiger partial charge is 0.247 e. The molecular weight excluding hydrogens is 297 g/mol. The summed E-state index contributed by atoms with van der Waals surface area (Å²) in [6.45, 7) is 0. The molecular formula is C12H8ClF3N2S. The lowest BCUT2D eigenvalue weighted by molar-refractivity contribution is -0.141. The van der Waals surface area contributed by atoms with E-state index in [4.69, 9.17) is 11.6 Å². The molecule has 0 N–H and O–H groups in total. The Labute approximate surface area is 117 Å². The highest BCUT2D eigenvalue weighted by molar-refractivity contribution is 7.98. The molecule has 7 heteroatoms. The van der Waals surface area contributed by atoms with Crippen LogP contribution in [-0.2, 0) is 6.18 Å². The lowest BCUT2D eigenvalue weighted by Gasteiger charge is -2.08. The van der Waals surface area contributed by atoms with Gasteiger partial charge in [0, 0.05) is 10.5 Å². The monoisotopic (exact) mass is 304 g/mol. The summed E-state index contributed by atoms with van der Waals surface area (Å²) in [6, 6.07) is 7.24. The number of alkyl halides is 3. The first kappa shape index (κ1) is 14.1. The number of benzene rings is 1. The van der Waals surface area contributed by atoms with Crippen molar-refractivity contribution in [2.24, 2.45) is 0 Å². The lowest BCUT2D eigenvalue weighted by Crippen LogP contribution is -2.10. The van der Waals surface area contributed by atoms with Crippen LogP contribution in [0.4, 0.5) is 13.2 Å². The number of rotatable bonds is 2. The third-order valence-corrected chi connectivity index (χ3v) is 3.39. The van der Waals surface area contributed by atoms with Crippen molar-refractivity contribution in [1.29, 1.82) is 0 Å². The molecule has 2 rings (SSSR count). The maximum absolute atomic E-state index is 12.5. The highest BCUT2D eigenvalue weighted by atomic mass is 35.5. The van der Waals surface area contributed by atoms with Gasteiger partial charge in [0.05, 0.1) is 11.9 Å². The van der Waals surface area contributed by atoms with E-state index in [1.165, 1.54) is 0 Å². The summed E-state index contributed by atoms with van der Waals surface area (Å²) in [6.07, 6.45) is -1.59. The molecule has 0 spiro atoms. The van der Waals surface area contributed by atoms with Crippen LogP contribution in [0.1, 0.15) is 5.69 Å². The van der Waals surface area contributed by atoms with Gasteiger partial charge in [0.1, 0.15) is 0 Å². The van der Waals surface area contributed by atoms with E-state index in [-0.39, 0.29) is 0 Å². The Morgan fingerprint density at radius 2 is 1.79 bits per heavy atom. The number of hydrogen-bond donors (Lipinski definition) is 0. The van der Waals surface area contributed by atoms with Gasteiger partial charge >= 0.3 is 6.18 Å². The van der Waals surface area contributed by atoms with E-state index >= 15 is 0 Å². The SMILES string of the molecule is CSc1ccc(-c2cnc(C(F)(F)F)c(Cl)n2)cc1. The molecule has 0 unspecified atom stereocenters. The van der Waals surface area contributed by atoms with Crippen molar-refractivity contribution in [3.05, 3.63) is 41.3 Å². The van der Waals surface area contributed by atoms with Gasteiger partial charge in [0.25, 0.3) is 0 Å². The van der Waals surface area contributed by atoms with Crippen LogP contribution in [0, 0.1) is 0 Å². The summed E-state index contributed by atoms with van der Waals surface area (Å²) >= 11 is 7.10. The summed E-state index contributed by atoms with van der Waals surface area (Å²) in [4.78, 5) is 8.14. The zero-order chi connectivity index (χ0) is 14.0. The molecule has 1 aromatic heterocycles. The van der Waals surface area contributed by atoms with Crippen LogP contribution in [0.15, 0.2) is 35.4 Å².